The van der Waals surface area contributed by atoms with Crippen molar-refractivity contribution in [1.29, 1.82) is 0 Å². The lowest BCUT2D eigenvalue weighted by atomic mass is 9.98. The van der Waals surface area contributed by atoms with Gasteiger partial charge in [0.2, 0.25) is 5.76 Å². The summed E-state index contributed by atoms with van der Waals surface area (Å²) < 4.78 is 11.0. The van der Waals surface area contributed by atoms with Crippen molar-refractivity contribution in [3.63, 3.8) is 0 Å². The van der Waals surface area contributed by atoms with Gasteiger partial charge < -0.3 is 9.15 Å². The van der Waals surface area contributed by atoms with Crippen molar-refractivity contribution in [2.24, 2.45) is 0 Å². The van der Waals surface area contributed by atoms with Crippen molar-refractivity contribution in [1.82, 2.24) is 4.98 Å². The molecule has 0 bridgehead atoms. The second-order valence-corrected chi connectivity index (χ2v) is 9.21. The number of benzene rings is 2. The summed E-state index contributed by atoms with van der Waals surface area (Å²) in [6.45, 7) is 5.33. The molecule has 1 atom stereocenters. The number of anilines is 1. The van der Waals surface area contributed by atoms with Gasteiger partial charge in [0.15, 0.2) is 10.6 Å². The summed E-state index contributed by atoms with van der Waals surface area (Å²) in [6, 6.07) is 9.73. The zero-order valence-corrected chi connectivity index (χ0v) is 20.3. The third-order valence-corrected chi connectivity index (χ3v) is 7.03. The summed E-state index contributed by atoms with van der Waals surface area (Å²) >= 11 is 0.966. The molecule has 2 aromatic heterocycles. The van der Waals surface area contributed by atoms with Gasteiger partial charge in [0.05, 0.1) is 34.2 Å². The van der Waals surface area contributed by atoms with Crippen molar-refractivity contribution >= 4 is 45.0 Å². The first-order chi connectivity index (χ1) is 17.2. The molecule has 0 fully saturated rings. The molecule has 0 N–H and O–H groups in total. The van der Waals surface area contributed by atoms with E-state index in [1.807, 2.05) is 6.92 Å². The van der Waals surface area contributed by atoms with Crippen molar-refractivity contribution in [2.45, 2.75) is 26.8 Å². The molecular weight excluding hydrogens is 486 g/mol. The van der Waals surface area contributed by atoms with Gasteiger partial charge in [-0.25, -0.2) is 9.78 Å². The number of fused-ring (bicyclic) bond motifs is 2. The Hall–Kier alpha value is -4.38. The van der Waals surface area contributed by atoms with Crippen molar-refractivity contribution < 1.29 is 23.7 Å². The Bertz CT molecular complexity index is 1620. The standard InChI is InChI=1S/C25H19N3O7S/c1-4-34-24(31)22-13(3)26-25(36-22)27-19(14-6-8-15(9-7-14)28(32)33)18-20(29)16-11-12(2)5-10-17(16)35-21(18)23(27)30/h5-11,19H,4H2,1-3H3. The first kappa shape index (κ1) is 23.4. The molecule has 182 valence electrons. The Morgan fingerprint density at radius 3 is 2.58 bits per heavy atom. The van der Waals surface area contributed by atoms with E-state index >= 15 is 0 Å². The number of nitrogens with zero attached hydrogens (tertiary/aromatic N) is 3. The average molecular weight is 506 g/mol. The van der Waals surface area contributed by atoms with Gasteiger partial charge in [-0.3, -0.25) is 24.6 Å². The van der Waals surface area contributed by atoms with Gasteiger partial charge in [-0.15, -0.1) is 0 Å². The third-order valence-electron chi connectivity index (χ3n) is 5.90. The van der Waals surface area contributed by atoms with E-state index in [2.05, 4.69) is 4.98 Å². The zero-order valence-electron chi connectivity index (χ0n) is 19.4. The Kier molecular flexibility index (Phi) is 5.64. The third kappa shape index (κ3) is 3.64. The van der Waals surface area contributed by atoms with Gasteiger partial charge in [0.1, 0.15) is 10.5 Å². The second kappa shape index (κ2) is 8.68. The molecule has 0 radical (unpaired) electrons. The number of ether oxygens (including phenoxy) is 1. The lowest BCUT2D eigenvalue weighted by Crippen LogP contribution is -2.29. The fourth-order valence-corrected chi connectivity index (χ4v) is 5.24. The predicted octanol–water partition coefficient (Wildman–Crippen LogP) is 4.70. The summed E-state index contributed by atoms with van der Waals surface area (Å²) in [7, 11) is 0. The van der Waals surface area contributed by atoms with Crippen LogP contribution in [0.2, 0.25) is 0 Å². The number of thiazole rings is 1. The van der Waals surface area contributed by atoms with E-state index in [1.54, 1.807) is 32.0 Å². The summed E-state index contributed by atoms with van der Waals surface area (Å²) in [5.74, 6) is -1.30. The number of carbonyl (C=O) groups excluding carboxylic acids is 2. The fourth-order valence-electron chi connectivity index (χ4n) is 4.25. The summed E-state index contributed by atoms with van der Waals surface area (Å²) in [5.41, 5.74) is 1.54. The summed E-state index contributed by atoms with van der Waals surface area (Å²) in [4.78, 5) is 56.4. The monoisotopic (exact) mass is 505 g/mol. The van der Waals surface area contributed by atoms with Crippen LogP contribution in [0.3, 0.4) is 0 Å². The molecule has 1 aliphatic heterocycles. The molecule has 3 heterocycles. The molecular formula is C25H19N3O7S. The number of hydrogen-bond donors (Lipinski definition) is 0. The van der Waals surface area contributed by atoms with E-state index in [4.69, 9.17) is 9.15 Å². The van der Waals surface area contributed by atoms with Gasteiger partial charge in [-0.2, -0.15) is 0 Å². The number of hydrogen-bond acceptors (Lipinski definition) is 9. The van der Waals surface area contributed by atoms with Crippen LogP contribution in [0.25, 0.3) is 11.0 Å². The van der Waals surface area contributed by atoms with Gasteiger partial charge in [-0.1, -0.05) is 23.0 Å². The highest BCUT2D eigenvalue weighted by Crippen LogP contribution is 2.43. The maximum Gasteiger partial charge on any atom is 0.350 e. The molecule has 0 spiro atoms. The maximum absolute atomic E-state index is 13.7. The first-order valence-electron chi connectivity index (χ1n) is 11.0. The lowest BCUT2D eigenvalue weighted by molar-refractivity contribution is -0.384. The largest absolute Gasteiger partial charge is 0.462 e. The lowest BCUT2D eigenvalue weighted by Gasteiger charge is -2.22. The molecule has 0 aliphatic carbocycles. The van der Waals surface area contributed by atoms with Crippen LogP contribution < -0.4 is 10.3 Å². The molecule has 5 rings (SSSR count). The minimum atomic E-state index is -0.963. The summed E-state index contributed by atoms with van der Waals surface area (Å²) in [5, 5.41) is 11.7. The quantitative estimate of drug-likeness (QED) is 0.216. The van der Waals surface area contributed by atoms with E-state index in [9.17, 15) is 24.5 Å². The topological polar surface area (TPSA) is 133 Å². The van der Waals surface area contributed by atoms with Gasteiger partial charge in [-0.05, 0) is 50.6 Å². The minimum Gasteiger partial charge on any atom is -0.462 e. The molecule has 1 aliphatic rings. The number of aromatic nitrogens is 1. The highest BCUT2D eigenvalue weighted by atomic mass is 32.1. The average Bonchev–Trinajstić information content (AvgIpc) is 3.37. The van der Waals surface area contributed by atoms with Crippen LogP contribution in [-0.2, 0) is 4.74 Å². The van der Waals surface area contributed by atoms with Crippen molar-refractivity contribution in [3.05, 3.63) is 95.8 Å². The van der Waals surface area contributed by atoms with E-state index in [-0.39, 0.29) is 44.6 Å². The molecule has 4 aromatic rings. The van der Waals surface area contributed by atoms with E-state index < -0.39 is 22.8 Å². The number of aryl methyl sites for hydroxylation is 2. The Labute approximate surface area is 207 Å². The molecule has 2 aromatic carbocycles. The Morgan fingerprint density at radius 1 is 1.19 bits per heavy atom. The number of nitro groups is 1. The number of rotatable bonds is 5. The molecule has 36 heavy (non-hydrogen) atoms. The van der Waals surface area contributed by atoms with E-state index in [1.165, 1.54) is 29.2 Å². The summed E-state index contributed by atoms with van der Waals surface area (Å²) in [6.07, 6.45) is 0. The van der Waals surface area contributed by atoms with Crippen LogP contribution >= 0.6 is 11.3 Å². The maximum atomic E-state index is 13.7. The van der Waals surface area contributed by atoms with Crippen molar-refractivity contribution in [2.75, 3.05) is 11.5 Å². The molecule has 0 saturated heterocycles. The minimum absolute atomic E-state index is 0.109. The smallest absolute Gasteiger partial charge is 0.350 e. The number of non-ortho nitro benzene ring substituents is 1. The molecule has 11 heteroatoms. The van der Waals surface area contributed by atoms with E-state index in [0.29, 0.717) is 16.6 Å². The molecule has 1 unspecified atom stereocenters. The number of nitro benzene ring substituents is 1. The van der Waals surface area contributed by atoms with Gasteiger partial charge >= 0.3 is 5.97 Å². The highest BCUT2D eigenvalue weighted by molar-refractivity contribution is 7.17. The van der Waals surface area contributed by atoms with Crippen LogP contribution in [0.4, 0.5) is 10.8 Å². The molecule has 0 saturated carbocycles. The number of carbonyl (C=O) groups is 2. The SMILES string of the molecule is CCOC(=O)c1sc(N2C(=O)c3oc4ccc(C)cc4c(=O)c3C2c2ccc([N+](=O)[O-])cc2)nc1C. The van der Waals surface area contributed by atoms with Gasteiger partial charge in [0.25, 0.3) is 11.6 Å². The van der Waals surface area contributed by atoms with E-state index in [0.717, 1.165) is 16.9 Å². The van der Waals surface area contributed by atoms with Crippen LogP contribution in [0.1, 0.15) is 55.6 Å². The first-order valence-corrected chi connectivity index (χ1v) is 11.8. The van der Waals surface area contributed by atoms with Crippen LogP contribution in [0.5, 0.6) is 0 Å². The van der Waals surface area contributed by atoms with Crippen molar-refractivity contribution in [3.8, 4) is 0 Å². The predicted molar refractivity (Wildman–Crippen MR) is 132 cm³/mol. The normalized spacial score (nSPS) is 14.8. The Morgan fingerprint density at radius 2 is 1.92 bits per heavy atom. The fraction of sp³-hybridized carbons (Fsp3) is 0.200. The second-order valence-electron chi connectivity index (χ2n) is 8.23. The zero-order chi connectivity index (χ0) is 25.7. The molecule has 1 amide bonds. The number of esters is 1. The van der Waals surface area contributed by atoms with Gasteiger partial charge in [0, 0.05) is 12.1 Å². The number of amides is 1. The van der Waals surface area contributed by atoms with Crippen LogP contribution in [0.15, 0.2) is 51.7 Å². The van der Waals surface area contributed by atoms with Crippen LogP contribution in [0, 0.1) is 24.0 Å². The Balaban J connectivity index is 1.74. The highest BCUT2D eigenvalue weighted by Gasteiger charge is 2.45. The van der Waals surface area contributed by atoms with Crippen LogP contribution in [-0.4, -0.2) is 28.4 Å². The molecule has 10 nitrogen and oxygen atoms in total.